The van der Waals surface area contributed by atoms with Gasteiger partial charge in [-0.25, -0.2) is 4.79 Å². The molecule has 0 saturated heterocycles. The fraction of sp³-hybridized carbons (Fsp3) is 0.100. The lowest BCUT2D eigenvalue weighted by atomic mass is 10.2. The number of rotatable bonds is 3. The van der Waals surface area contributed by atoms with Gasteiger partial charge in [-0.15, -0.1) is 0 Å². The lowest BCUT2D eigenvalue weighted by Gasteiger charge is -2.05. The van der Waals surface area contributed by atoms with Crippen LogP contribution in [0.5, 0.6) is 0 Å². The number of hydrogen-bond donors (Lipinski definition) is 1. The van der Waals surface area contributed by atoms with E-state index in [1.54, 1.807) is 18.2 Å². The number of carbonyl (C=O) groups excluding carboxylic acids is 1. The molecule has 0 aliphatic heterocycles. The molecule has 1 rings (SSSR count). The summed E-state index contributed by atoms with van der Waals surface area (Å²) in [6, 6.07) is 4.82. The molecule has 0 radical (unpaired) electrons. The van der Waals surface area contributed by atoms with E-state index in [-0.39, 0.29) is 17.9 Å². The van der Waals surface area contributed by atoms with E-state index < -0.39 is 5.97 Å². The van der Waals surface area contributed by atoms with Crippen LogP contribution >= 0.6 is 11.6 Å². The normalized spacial score (nSPS) is 9.50. The van der Waals surface area contributed by atoms with Crippen molar-refractivity contribution in [1.29, 1.82) is 0 Å². The second-order valence-corrected chi connectivity index (χ2v) is 3.00. The van der Waals surface area contributed by atoms with Gasteiger partial charge >= 0.3 is 5.97 Å². The van der Waals surface area contributed by atoms with Crippen LogP contribution in [-0.4, -0.2) is 12.6 Å². The number of ether oxygens (including phenoxy) is 1. The van der Waals surface area contributed by atoms with Gasteiger partial charge in [0.2, 0.25) is 0 Å². The highest BCUT2D eigenvalue weighted by Gasteiger charge is 2.11. The second kappa shape index (κ2) is 4.67. The highest BCUT2D eigenvalue weighted by Crippen LogP contribution is 2.22. The van der Waals surface area contributed by atoms with Gasteiger partial charge in [-0.2, -0.15) is 0 Å². The van der Waals surface area contributed by atoms with E-state index in [0.29, 0.717) is 5.02 Å². The molecule has 2 N–H and O–H groups in total. The smallest absolute Gasteiger partial charge is 0.340 e. The largest absolute Gasteiger partial charge is 0.458 e. The molecule has 0 unspecified atom stereocenters. The van der Waals surface area contributed by atoms with Gasteiger partial charge in [-0.1, -0.05) is 30.3 Å². The summed E-state index contributed by atoms with van der Waals surface area (Å²) < 4.78 is 4.82. The Morgan fingerprint density at radius 3 is 3.00 bits per heavy atom. The molecule has 0 spiro atoms. The summed E-state index contributed by atoms with van der Waals surface area (Å²) >= 11 is 5.74. The zero-order valence-corrected chi connectivity index (χ0v) is 8.25. The van der Waals surface area contributed by atoms with Gasteiger partial charge in [-0.05, 0) is 12.1 Å². The van der Waals surface area contributed by atoms with E-state index >= 15 is 0 Å². The molecule has 0 fully saturated rings. The van der Waals surface area contributed by atoms with E-state index in [2.05, 4.69) is 6.58 Å². The molecule has 0 heterocycles. The molecule has 0 saturated carbocycles. The molecule has 1 aromatic rings. The van der Waals surface area contributed by atoms with Crippen molar-refractivity contribution in [2.24, 2.45) is 0 Å². The minimum atomic E-state index is -0.495. The summed E-state index contributed by atoms with van der Waals surface area (Å²) in [7, 11) is 0. The lowest BCUT2D eigenvalue weighted by Crippen LogP contribution is -2.08. The molecule has 0 aliphatic rings. The van der Waals surface area contributed by atoms with Crippen LogP contribution in [0.15, 0.2) is 30.9 Å². The monoisotopic (exact) mass is 211 g/mol. The van der Waals surface area contributed by atoms with Crippen molar-refractivity contribution in [1.82, 2.24) is 0 Å². The Morgan fingerprint density at radius 1 is 1.64 bits per heavy atom. The summed E-state index contributed by atoms with van der Waals surface area (Å²) in [6.07, 6.45) is 1.48. The minimum absolute atomic E-state index is 0.158. The van der Waals surface area contributed by atoms with Crippen molar-refractivity contribution >= 4 is 23.3 Å². The fourth-order valence-electron chi connectivity index (χ4n) is 0.927. The molecule has 3 nitrogen and oxygen atoms in total. The molecule has 74 valence electrons. The number of nitrogens with two attached hydrogens (primary N) is 1. The Balaban J connectivity index is 2.89. The third kappa shape index (κ3) is 2.26. The molecule has 0 aliphatic carbocycles. The third-order valence-electron chi connectivity index (χ3n) is 1.61. The van der Waals surface area contributed by atoms with Crippen molar-refractivity contribution in [2.75, 3.05) is 12.3 Å². The first-order chi connectivity index (χ1) is 6.66. The number of halogens is 1. The van der Waals surface area contributed by atoms with Crippen molar-refractivity contribution in [2.45, 2.75) is 0 Å². The molecule has 0 atom stereocenters. The molecule has 4 heteroatoms. The average Bonchev–Trinajstić information content (AvgIpc) is 2.18. The molecule has 14 heavy (non-hydrogen) atoms. The first-order valence-electron chi connectivity index (χ1n) is 3.99. The maximum atomic E-state index is 11.4. The van der Waals surface area contributed by atoms with E-state index in [1.165, 1.54) is 6.08 Å². The lowest BCUT2D eigenvalue weighted by molar-refractivity contribution is 0.0551. The quantitative estimate of drug-likeness (QED) is 0.474. The number of nitrogen functional groups attached to an aromatic ring is 1. The number of esters is 1. The van der Waals surface area contributed by atoms with Crippen LogP contribution in [0, 0.1) is 0 Å². The average molecular weight is 212 g/mol. The summed E-state index contributed by atoms with van der Waals surface area (Å²) in [6.45, 7) is 3.59. The van der Waals surface area contributed by atoms with Gasteiger partial charge in [0.15, 0.2) is 0 Å². The van der Waals surface area contributed by atoms with Crippen LogP contribution in [0.4, 0.5) is 5.69 Å². The molecular formula is C10H10ClNO2. The van der Waals surface area contributed by atoms with Crippen molar-refractivity contribution < 1.29 is 9.53 Å². The molecule has 0 amide bonds. The highest BCUT2D eigenvalue weighted by atomic mass is 35.5. The topological polar surface area (TPSA) is 52.3 Å². The molecular weight excluding hydrogens is 202 g/mol. The van der Waals surface area contributed by atoms with E-state index in [9.17, 15) is 4.79 Å². The molecule has 0 aromatic heterocycles. The SMILES string of the molecule is C=CCOC(=O)c1cccc(Cl)c1N. The third-order valence-corrected chi connectivity index (χ3v) is 1.93. The van der Waals surface area contributed by atoms with Crippen molar-refractivity contribution in [3.05, 3.63) is 41.4 Å². The Morgan fingerprint density at radius 2 is 2.36 bits per heavy atom. The maximum absolute atomic E-state index is 11.4. The van der Waals surface area contributed by atoms with Crippen LogP contribution in [-0.2, 0) is 4.74 Å². The Hall–Kier alpha value is -1.48. The van der Waals surface area contributed by atoms with Crippen LogP contribution in [0.2, 0.25) is 5.02 Å². The van der Waals surface area contributed by atoms with Gasteiger partial charge < -0.3 is 10.5 Å². The number of anilines is 1. The number of carbonyl (C=O) groups is 1. The first-order valence-corrected chi connectivity index (χ1v) is 4.36. The summed E-state index contributed by atoms with van der Waals surface area (Å²) in [4.78, 5) is 11.4. The fourth-order valence-corrected chi connectivity index (χ4v) is 1.10. The van der Waals surface area contributed by atoms with Gasteiger partial charge in [0.1, 0.15) is 6.61 Å². The van der Waals surface area contributed by atoms with Gasteiger partial charge in [0.05, 0.1) is 16.3 Å². The predicted octanol–water partition coefficient (Wildman–Crippen LogP) is 2.27. The zero-order chi connectivity index (χ0) is 10.6. The zero-order valence-electron chi connectivity index (χ0n) is 7.50. The summed E-state index contributed by atoms with van der Waals surface area (Å²) in [5.74, 6) is -0.495. The summed E-state index contributed by atoms with van der Waals surface area (Å²) in [5, 5.41) is 0.345. The van der Waals surface area contributed by atoms with Crippen LogP contribution in [0.25, 0.3) is 0 Å². The van der Waals surface area contributed by atoms with Crippen LogP contribution in [0.1, 0.15) is 10.4 Å². The first kappa shape index (κ1) is 10.6. The van der Waals surface area contributed by atoms with Gasteiger partial charge in [0, 0.05) is 0 Å². The van der Waals surface area contributed by atoms with Gasteiger partial charge in [0.25, 0.3) is 0 Å². The maximum Gasteiger partial charge on any atom is 0.340 e. The molecule has 1 aromatic carbocycles. The number of para-hydroxylation sites is 1. The minimum Gasteiger partial charge on any atom is -0.458 e. The Labute approximate surface area is 87.1 Å². The van der Waals surface area contributed by atoms with Crippen LogP contribution < -0.4 is 5.73 Å². The van der Waals surface area contributed by atoms with E-state index in [0.717, 1.165) is 0 Å². The van der Waals surface area contributed by atoms with Crippen LogP contribution in [0.3, 0.4) is 0 Å². The second-order valence-electron chi connectivity index (χ2n) is 2.59. The number of benzene rings is 1. The Kier molecular flexibility index (Phi) is 3.54. The van der Waals surface area contributed by atoms with Crippen molar-refractivity contribution in [3.8, 4) is 0 Å². The predicted molar refractivity (Wildman–Crippen MR) is 56.3 cm³/mol. The molecule has 0 bridgehead atoms. The number of hydrogen-bond acceptors (Lipinski definition) is 3. The standard InChI is InChI=1S/C10H10ClNO2/c1-2-6-14-10(13)7-4-3-5-8(11)9(7)12/h2-5H,1,6,12H2. The van der Waals surface area contributed by atoms with E-state index in [1.807, 2.05) is 0 Å². The van der Waals surface area contributed by atoms with E-state index in [4.69, 9.17) is 22.1 Å². The summed E-state index contributed by atoms with van der Waals surface area (Å²) in [5.41, 5.74) is 6.11. The van der Waals surface area contributed by atoms with Crippen molar-refractivity contribution in [3.63, 3.8) is 0 Å². The Bertz CT molecular complexity index is 363. The highest BCUT2D eigenvalue weighted by molar-refractivity contribution is 6.33. The van der Waals surface area contributed by atoms with Gasteiger partial charge in [-0.3, -0.25) is 0 Å².